The highest BCUT2D eigenvalue weighted by Crippen LogP contribution is 2.26. The molecule has 0 unspecified atom stereocenters. The number of imidazole rings is 1. The minimum atomic E-state index is -4.86. The van der Waals surface area contributed by atoms with Crippen molar-refractivity contribution in [1.29, 1.82) is 0 Å². The van der Waals surface area contributed by atoms with Crippen LogP contribution in [0.5, 0.6) is 5.75 Å². The maximum atomic E-state index is 14.6. The molecule has 0 bridgehead atoms. The lowest BCUT2D eigenvalue weighted by atomic mass is 10.1. The summed E-state index contributed by atoms with van der Waals surface area (Å²) in [4.78, 5) is 33.5. The van der Waals surface area contributed by atoms with Gasteiger partial charge in [-0.15, -0.1) is 18.3 Å². The van der Waals surface area contributed by atoms with E-state index >= 15 is 0 Å². The van der Waals surface area contributed by atoms with Crippen molar-refractivity contribution in [3.8, 4) is 5.75 Å². The molecular formula is C19H18F4N6O4. The molecule has 0 saturated heterocycles. The van der Waals surface area contributed by atoms with Crippen molar-refractivity contribution in [1.82, 2.24) is 24.2 Å². The summed E-state index contributed by atoms with van der Waals surface area (Å²) in [7, 11) is 3.03. The fraction of sp³-hybridized carbons (Fsp3) is 0.316. The number of rotatable bonds is 8. The van der Waals surface area contributed by atoms with Crippen LogP contribution < -0.4 is 10.5 Å². The fourth-order valence-electron chi connectivity index (χ4n) is 2.90. The number of amides is 1. The lowest BCUT2D eigenvalue weighted by Gasteiger charge is -2.15. The van der Waals surface area contributed by atoms with Crippen LogP contribution in [-0.4, -0.2) is 50.3 Å². The Morgan fingerprint density at radius 1 is 1.33 bits per heavy atom. The molecule has 0 N–H and O–H groups in total. The Morgan fingerprint density at radius 3 is 2.61 bits per heavy atom. The number of aromatic nitrogens is 4. The molecule has 3 aromatic rings. The highest BCUT2D eigenvalue weighted by atomic mass is 19.4. The van der Waals surface area contributed by atoms with Gasteiger partial charge in [0.15, 0.2) is 11.5 Å². The van der Waals surface area contributed by atoms with E-state index in [0.717, 1.165) is 28.9 Å². The number of nitrogens with zero attached hydrogens (tertiary/aromatic N) is 6. The summed E-state index contributed by atoms with van der Waals surface area (Å²) in [5, 5.41) is 3.88. The molecule has 0 aliphatic heterocycles. The third-order valence-electron chi connectivity index (χ3n) is 4.45. The van der Waals surface area contributed by atoms with Crippen molar-refractivity contribution in [2.75, 3.05) is 7.05 Å². The van der Waals surface area contributed by atoms with Crippen LogP contribution >= 0.6 is 0 Å². The van der Waals surface area contributed by atoms with Crippen molar-refractivity contribution in [2.45, 2.75) is 25.6 Å². The first-order chi connectivity index (χ1) is 15.5. The Hall–Kier alpha value is -3.97. The largest absolute Gasteiger partial charge is 0.573 e. The molecule has 0 spiro atoms. The zero-order chi connectivity index (χ0) is 24.3. The number of aryl methyl sites for hydroxylation is 1. The molecule has 10 nitrogen and oxygen atoms in total. The molecule has 33 heavy (non-hydrogen) atoms. The molecule has 0 saturated carbocycles. The predicted molar refractivity (Wildman–Crippen MR) is 106 cm³/mol. The third kappa shape index (κ3) is 5.64. The molecule has 1 atom stereocenters. The van der Waals surface area contributed by atoms with Gasteiger partial charge < -0.3 is 18.6 Å². The first-order valence-electron chi connectivity index (χ1n) is 9.28. The van der Waals surface area contributed by atoms with E-state index in [1.54, 1.807) is 7.05 Å². The van der Waals surface area contributed by atoms with Gasteiger partial charge >= 0.3 is 12.1 Å². The second-order valence-electron chi connectivity index (χ2n) is 6.88. The monoisotopic (exact) mass is 470 g/mol. The summed E-state index contributed by atoms with van der Waals surface area (Å²) >= 11 is 0. The zero-order valence-corrected chi connectivity index (χ0v) is 17.4. The number of hydrogen-bond donors (Lipinski definition) is 0. The van der Waals surface area contributed by atoms with Crippen molar-refractivity contribution in [3.63, 3.8) is 0 Å². The van der Waals surface area contributed by atoms with Gasteiger partial charge in [-0.05, 0) is 24.4 Å². The van der Waals surface area contributed by atoms with Gasteiger partial charge in [0.2, 0.25) is 5.89 Å². The molecule has 3 rings (SSSR count). The van der Waals surface area contributed by atoms with Gasteiger partial charge in [-0.3, -0.25) is 4.79 Å². The van der Waals surface area contributed by atoms with E-state index in [9.17, 15) is 27.2 Å². The molecule has 176 valence electrons. The van der Waals surface area contributed by atoms with E-state index < -0.39 is 36.5 Å². The van der Waals surface area contributed by atoms with Crippen molar-refractivity contribution >= 4 is 18.4 Å². The number of aliphatic imine (C=N–C) groups is 1. The van der Waals surface area contributed by atoms with E-state index in [1.165, 1.54) is 22.8 Å². The van der Waals surface area contributed by atoms with Crippen LogP contribution in [0, 0.1) is 0 Å². The SMILES string of the molecule is C=Nc1ncn(C)c1C(=O)N(C)Cc1nn(C[C@H](F)c2ccc(OC(F)(F)F)cc2)c(=O)o1. The second-order valence-corrected chi connectivity index (χ2v) is 6.88. The summed E-state index contributed by atoms with van der Waals surface area (Å²) in [6.07, 6.45) is -5.24. The summed E-state index contributed by atoms with van der Waals surface area (Å²) in [6.45, 7) is 2.60. The molecule has 0 fully saturated rings. The average molecular weight is 470 g/mol. The van der Waals surface area contributed by atoms with Crippen LogP contribution in [0.2, 0.25) is 0 Å². The van der Waals surface area contributed by atoms with Gasteiger partial charge in [0.25, 0.3) is 5.91 Å². The number of carbonyl (C=O) groups is 1. The number of benzene rings is 1. The Balaban J connectivity index is 1.67. The average Bonchev–Trinajstić information content (AvgIpc) is 3.28. The van der Waals surface area contributed by atoms with Crippen LogP contribution in [0.3, 0.4) is 0 Å². The topological polar surface area (TPSA) is 108 Å². The van der Waals surface area contributed by atoms with Gasteiger partial charge in [0.1, 0.15) is 11.9 Å². The van der Waals surface area contributed by atoms with Crippen LogP contribution in [-0.2, 0) is 20.1 Å². The molecule has 0 aliphatic carbocycles. The third-order valence-corrected chi connectivity index (χ3v) is 4.45. The first kappa shape index (κ1) is 23.7. The van der Waals surface area contributed by atoms with Crippen molar-refractivity contribution < 1.29 is 31.5 Å². The summed E-state index contributed by atoms with van der Waals surface area (Å²) < 4.78 is 62.1. The van der Waals surface area contributed by atoms with Gasteiger partial charge in [-0.25, -0.2) is 19.2 Å². The molecule has 14 heteroatoms. The van der Waals surface area contributed by atoms with Gasteiger partial charge in [0, 0.05) is 14.1 Å². The van der Waals surface area contributed by atoms with Gasteiger partial charge in [-0.2, -0.15) is 4.68 Å². The Morgan fingerprint density at radius 2 is 2.00 bits per heavy atom. The van der Waals surface area contributed by atoms with E-state index in [2.05, 4.69) is 26.5 Å². The molecule has 2 aromatic heterocycles. The quantitative estimate of drug-likeness (QED) is 0.370. The lowest BCUT2D eigenvalue weighted by Crippen LogP contribution is -2.28. The number of carbonyl (C=O) groups excluding carboxylic acids is 1. The van der Waals surface area contributed by atoms with Gasteiger partial charge in [-0.1, -0.05) is 12.1 Å². The molecule has 0 radical (unpaired) electrons. The fourth-order valence-corrected chi connectivity index (χ4v) is 2.90. The summed E-state index contributed by atoms with van der Waals surface area (Å²) in [6, 6.07) is 4.11. The minimum absolute atomic E-state index is 0.00827. The van der Waals surface area contributed by atoms with E-state index in [-0.39, 0.29) is 29.5 Å². The second kappa shape index (κ2) is 9.26. The maximum absolute atomic E-state index is 14.6. The number of ether oxygens (including phenoxy) is 1. The van der Waals surface area contributed by atoms with Crippen LogP contribution in [0.1, 0.15) is 28.1 Å². The molecule has 1 amide bonds. The van der Waals surface area contributed by atoms with Crippen LogP contribution in [0.15, 0.2) is 44.8 Å². The molecule has 2 heterocycles. The first-order valence-corrected chi connectivity index (χ1v) is 9.28. The van der Waals surface area contributed by atoms with E-state index in [1.807, 2.05) is 0 Å². The summed E-state index contributed by atoms with van der Waals surface area (Å²) in [5.74, 6) is -1.96. The molecule has 0 aliphatic rings. The van der Waals surface area contributed by atoms with E-state index in [4.69, 9.17) is 4.42 Å². The van der Waals surface area contributed by atoms with Crippen LogP contribution in [0.25, 0.3) is 0 Å². The standard InChI is InChI=1S/C19H18F4N6O4/c1-24-16-15(28(3)10-25-16)17(30)27(2)9-14-26-29(18(31)32-14)8-13(20)11-4-6-12(7-5-11)33-19(21,22)23/h4-7,10,13H,1,8-9H2,2-3H3/t13-/m0/s1. The van der Waals surface area contributed by atoms with Crippen molar-refractivity contribution in [2.24, 2.45) is 12.0 Å². The van der Waals surface area contributed by atoms with E-state index in [0.29, 0.717) is 0 Å². The Kier molecular flexibility index (Phi) is 6.65. The van der Waals surface area contributed by atoms with Crippen molar-refractivity contribution in [3.05, 3.63) is 58.3 Å². The number of halogens is 4. The molecular weight excluding hydrogens is 452 g/mol. The Labute approximate surface area is 183 Å². The predicted octanol–water partition coefficient (Wildman–Crippen LogP) is 2.78. The Bertz CT molecular complexity index is 1200. The molecule has 1 aromatic carbocycles. The normalized spacial score (nSPS) is 12.4. The smallest absolute Gasteiger partial charge is 0.406 e. The number of hydrogen-bond acceptors (Lipinski definition) is 7. The minimum Gasteiger partial charge on any atom is -0.406 e. The van der Waals surface area contributed by atoms with Gasteiger partial charge in [0.05, 0.1) is 19.4 Å². The maximum Gasteiger partial charge on any atom is 0.573 e. The lowest BCUT2D eigenvalue weighted by molar-refractivity contribution is -0.274. The highest BCUT2D eigenvalue weighted by Gasteiger charge is 2.31. The zero-order valence-electron chi connectivity index (χ0n) is 17.4. The highest BCUT2D eigenvalue weighted by molar-refractivity contribution is 5.96. The van der Waals surface area contributed by atoms with Crippen LogP contribution in [0.4, 0.5) is 23.4 Å². The number of alkyl halides is 4. The summed E-state index contributed by atoms with van der Waals surface area (Å²) in [5.41, 5.74) is 0.171.